The monoisotopic (exact) mass is 498 g/mol. The quantitative estimate of drug-likeness (QED) is 0.272. The standard InChI is InChI=1S/C23H19F4I/c1-12-2-3-13-9-15(20(24)22(26)18(13)8-12)4-5-16-10-14-6-7-17(28)11-19(14)23(27)21(16)25/h6-7,9-12H,2-5,8H2,1H3/t12-/m1/s1. The van der Waals surface area contributed by atoms with Gasteiger partial charge in [0.2, 0.25) is 0 Å². The average Bonchev–Trinajstić information content (AvgIpc) is 2.68. The van der Waals surface area contributed by atoms with E-state index in [4.69, 9.17) is 0 Å². The molecule has 5 heteroatoms. The summed E-state index contributed by atoms with van der Waals surface area (Å²) in [5.41, 5.74) is 1.72. The van der Waals surface area contributed by atoms with Crippen molar-refractivity contribution < 1.29 is 17.6 Å². The summed E-state index contributed by atoms with van der Waals surface area (Å²) in [4.78, 5) is 0. The highest BCUT2D eigenvalue weighted by Crippen LogP contribution is 2.32. The van der Waals surface area contributed by atoms with Crippen LogP contribution in [0.15, 0.2) is 30.3 Å². The summed E-state index contributed by atoms with van der Waals surface area (Å²) < 4.78 is 58.9. The number of rotatable bonds is 3. The molecule has 3 aromatic carbocycles. The van der Waals surface area contributed by atoms with Crippen LogP contribution >= 0.6 is 22.6 Å². The first-order valence-corrected chi connectivity index (χ1v) is 10.5. The highest BCUT2D eigenvalue weighted by molar-refractivity contribution is 14.1. The van der Waals surface area contributed by atoms with Gasteiger partial charge in [0.25, 0.3) is 0 Å². The van der Waals surface area contributed by atoms with Crippen LogP contribution in [0.5, 0.6) is 0 Å². The number of halogens is 5. The molecule has 1 aliphatic carbocycles. The Bertz CT molecular complexity index is 1070. The lowest BCUT2D eigenvalue weighted by Gasteiger charge is -2.23. The van der Waals surface area contributed by atoms with Crippen LogP contribution in [-0.4, -0.2) is 0 Å². The Morgan fingerprint density at radius 1 is 0.893 bits per heavy atom. The second-order valence-corrected chi connectivity index (χ2v) is 8.92. The highest BCUT2D eigenvalue weighted by atomic mass is 127. The number of hydrogen-bond donors (Lipinski definition) is 0. The third kappa shape index (κ3) is 3.53. The third-order valence-corrected chi connectivity index (χ3v) is 6.33. The number of fused-ring (bicyclic) bond motifs is 2. The second kappa shape index (κ2) is 7.65. The maximum Gasteiger partial charge on any atom is 0.166 e. The van der Waals surface area contributed by atoms with Crippen molar-refractivity contribution in [3.8, 4) is 0 Å². The van der Waals surface area contributed by atoms with Crippen LogP contribution in [0.2, 0.25) is 0 Å². The van der Waals surface area contributed by atoms with Crippen molar-refractivity contribution >= 4 is 33.4 Å². The maximum atomic E-state index is 14.6. The average molecular weight is 498 g/mol. The van der Waals surface area contributed by atoms with E-state index in [0.717, 1.165) is 22.0 Å². The SMILES string of the molecule is C[C@@H]1CCc2cc(CCc3cc4ccc(I)cc4c(F)c3F)c(F)c(F)c2C1. The second-order valence-electron chi connectivity index (χ2n) is 7.68. The van der Waals surface area contributed by atoms with E-state index >= 15 is 0 Å². The van der Waals surface area contributed by atoms with Crippen molar-refractivity contribution in [3.63, 3.8) is 0 Å². The molecule has 0 N–H and O–H groups in total. The van der Waals surface area contributed by atoms with Crippen LogP contribution in [0.3, 0.4) is 0 Å². The molecule has 0 fully saturated rings. The Kier molecular flexibility index (Phi) is 5.38. The van der Waals surface area contributed by atoms with Gasteiger partial charge in [-0.25, -0.2) is 17.6 Å². The molecule has 0 nitrogen and oxygen atoms in total. The van der Waals surface area contributed by atoms with Crippen molar-refractivity contribution in [2.24, 2.45) is 5.92 Å². The molecule has 0 saturated carbocycles. The lowest BCUT2D eigenvalue weighted by atomic mass is 9.83. The summed E-state index contributed by atoms with van der Waals surface area (Å²) in [6.45, 7) is 2.03. The van der Waals surface area contributed by atoms with Crippen LogP contribution in [-0.2, 0) is 25.7 Å². The fourth-order valence-electron chi connectivity index (χ4n) is 4.06. The summed E-state index contributed by atoms with van der Waals surface area (Å²) in [6.07, 6.45) is 2.44. The molecular weight excluding hydrogens is 479 g/mol. The van der Waals surface area contributed by atoms with Crippen LogP contribution in [0.4, 0.5) is 17.6 Å². The van der Waals surface area contributed by atoms with Crippen molar-refractivity contribution in [2.75, 3.05) is 0 Å². The van der Waals surface area contributed by atoms with Crippen LogP contribution < -0.4 is 0 Å². The normalized spacial score (nSPS) is 16.4. The molecule has 3 aromatic rings. The third-order valence-electron chi connectivity index (χ3n) is 5.65. The molecule has 0 aromatic heterocycles. The zero-order valence-electron chi connectivity index (χ0n) is 15.4. The summed E-state index contributed by atoms with van der Waals surface area (Å²) >= 11 is 2.05. The van der Waals surface area contributed by atoms with Gasteiger partial charge in [-0.3, -0.25) is 0 Å². The molecule has 0 unspecified atom stereocenters. The highest BCUT2D eigenvalue weighted by Gasteiger charge is 2.24. The van der Waals surface area contributed by atoms with Crippen molar-refractivity contribution in [1.29, 1.82) is 0 Å². The Morgan fingerprint density at radius 2 is 1.57 bits per heavy atom. The summed E-state index contributed by atoms with van der Waals surface area (Å²) in [5, 5.41) is 0.827. The van der Waals surface area contributed by atoms with Crippen molar-refractivity contribution in [2.45, 2.75) is 39.0 Å². The molecule has 0 aliphatic heterocycles. The molecular formula is C23H19F4I. The lowest BCUT2D eigenvalue weighted by Crippen LogP contribution is -2.16. The topological polar surface area (TPSA) is 0 Å². The fourth-order valence-corrected chi connectivity index (χ4v) is 4.55. The van der Waals surface area contributed by atoms with E-state index in [1.807, 2.05) is 35.6 Å². The first-order chi connectivity index (χ1) is 13.3. The molecule has 0 heterocycles. The van der Waals surface area contributed by atoms with E-state index in [0.29, 0.717) is 23.3 Å². The van der Waals surface area contributed by atoms with Gasteiger partial charge in [0.15, 0.2) is 23.3 Å². The van der Waals surface area contributed by atoms with Gasteiger partial charge in [-0.1, -0.05) is 19.1 Å². The van der Waals surface area contributed by atoms with Crippen LogP contribution in [0, 0.1) is 32.8 Å². The van der Waals surface area contributed by atoms with Crippen LogP contribution in [0.25, 0.3) is 10.8 Å². The van der Waals surface area contributed by atoms with Gasteiger partial charge in [-0.2, -0.15) is 0 Å². The zero-order chi connectivity index (χ0) is 20.0. The van der Waals surface area contributed by atoms with E-state index in [1.165, 1.54) is 0 Å². The van der Waals surface area contributed by atoms with E-state index in [2.05, 4.69) is 0 Å². The van der Waals surface area contributed by atoms with Gasteiger partial charge in [0.1, 0.15) is 0 Å². The van der Waals surface area contributed by atoms with Crippen LogP contribution in [0.1, 0.15) is 35.6 Å². The van der Waals surface area contributed by atoms with Gasteiger partial charge < -0.3 is 0 Å². The minimum atomic E-state index is -0.915. The number of aryl methyl sites for hydroxylation is 3. The number of hydrogen-bond acceptors (Lipinski definition) is 0. The Morgan fingerprint density at radius 3 is 2.32 bits per heavy atom. The predicted molar refractivity (Wildman–Crippen MR) is 112 cm³/mol. The Hall–Kier alpha value is -1.63. The lowest BCUT2D eigenvalue weighted by molar-refractivity contribution is 0.444. The Labute approximate surface area is 175 Å². The van der Waals surface area contributed by atoms with E-state index < -0.39 is 23.3 Å². The van der Waals surface area contributed by atoms with E-state index in [1.54, 1.807) is 24.3 Å². The van der Waals surface area contributed by atoms with E-state index in [9.17, 15) is 17.6 Å². The van der Waals surface area contributed by atoms with E-state index in [-0.39, 0.29) is 29.4 Å². The zero-order valence-corrected chi connectivity index (χ0v) is 17.5. The molecule has 0 amide bonds. The first-order valence-electron chi connectivity index (χ1n) is 9.40. The molecule has 146 valence electrons. The first kappa shape index (κ1) is 19.7. The Balaban J connectivity index is 1.66. The molecule has 1 atom stereocenters. The summed E-state index contributed by atoms with van der Waals surface area (Å²) in [7, 11) is 0. The molecule has 4 rings (SSSR count). The van der Waals surface area contributed by atoms with Gasteiger partial charge in [0.05, 0.1) is 0 Å². The minimum Gasteiger partial charge on any atom is -0.203 e. The summed E-state index contributed by atoms with van der Waals surface area (Å²) in [6, 6.07) is 8.46. The molecule has 1 aliphatic rings. The molecule has 0 saturated heterocycles. The predicted octanol–water partition coefficient (Wildman–Crippen LogP) is 6.91. The number of benzene rings is 3. The van der Waals surface area contributed by atoms with Gasteiger partial charge in [-0.05, 0) is 106 Å². The molecule has 0 radical (unpaired) electrons. The molecule has 28 heavy (non-hydrogen) atoms. The van der Waals surface area contributed by atoms with Crippen molar-refractivity contribution in [1.82, 2.24) is 0 Å². The van der Waals surface area contributed by atoms with Gasteiger partial charge >= 0.3 is 0 Å². The largest absolute Gasteiger partial charge is 0.203 e. The smallest absolute Gasteiger partial charge is 0.166 e. The molecule has 0 bridgehead atoms. The van der Waals surface area contributed by atoms with Gasteiger partial charge in [-0.15, -0.1) is 0 Å². The molecule has 0 spiro atoms. The fraction of sp³-hybridized carbons (Fsp3) is 0.304. The van der Waals surface area contributed by atoms with Crippen molar-refractivity contribution in [3.05, 3.63) is 79.4 Å². The summed E-state index contributed by atoms with van der Waals surface area (Å²) in [5.74, 6) is -3.10. The maximum absolute atomic E-state index is 14.6. The minimum absolute atomic E-state index is 0.107. The van der Waals surface area contributed by atoms with Gasteiger partial charge in [0, 0.05) is 8.96 Å².